The van der Waals surface area contributed by atoms with Gasteiger partial charge in [-0.1, -0.05) is 0 Å². The summed E-state index contributed by atoms with van der Waals surface area (Å²) in [6.45, 7) is 1.30. The van der Waals surface area contributed by atoms with Crippen molar-refractivity contribution < 1.29 is 14.5 Å². The maximum atomic E-state index is 11.8. The van der Waals surface area contributed by atoms with Crippen LogP contribution in [-0.4, -0.2) is 40.9 Å². The third kappa shape index (κ3) is 3.08. The highest BCUT2D eigenvalue weighted by atomic mass is 16.6. The molecule has 1 unspecified atom stereocenters. The van der Waals surface area contributed by atoms with Crippen LogP contribution in [0.3, 0.4) is 0 Å². The summed E-state index contributed by atoms with van der Waals surface area (Å²) in [5.41, 5.74) is 0.739. The van der Waals surface area contributed by atoms with E-state index in [4.69, 9.17) is 4.74 Å². The van der Waals surface area contributed by atoms with Crippen molar-refractivity contribution in [2.75, 3.05) is 25.1 Å². The molecule has 1 atom stereocenters. The number of methoxy groups -OCH3 is 1. The van der Waals surface area contributed by atoms with Crippen LogP contribution in [0, 0.1) is 10.1 Å². The second-order valence-electron chi connectivity index (χ2n) is 5.68. The lowest BCUT2D eigenvalue weighted by Gasteiger charge is -2.34. The molecule has 0 saturated carbocycles. The number of benzene rings is 1. The van der Waals surface area contributed by atoms with Gasteiger partial charge >= 0.3 is 5.97 Å². The average Bonchev–Trinajstić information content (AvgIpc) is 3.15. The zero-order valence-corrected chi connectivity index (χ0v) is 13.3. The first-order valence-corrected chi connectivity index (χ1v) is 7.71. The van der Waals surface area contributed by atoms with Crippen molar-refractivity contribution >= 4 is 17.3 Å². The minimum absolute atomic E-state index is 0.0104. The van der Waals surface area contributed by atoms with Gasteiger partial charge in [0.1, 0.15) is 5.69 Å². The Morgan fingerprint density at radius 3 is 2.96 bits per heavy atom. The number of anilines is 1. The fourth-order valence-electron chi connectivity index (χ4n) is 3.06. The molecule has 1 aromatic carbocycles. The van der Waals surface area contributed by atoms with Gasteiger partial charge in [0.05, 0.1) is 23.6 Å². The van der Waals surface area contributed by atoms with Gasteiger partial charge in [-0.3, -0.25) is 14.8 Å². The van der Waals surface area contributed by atoms with Crippen LogP contribution in [0.25, 0.3) is 0 Å². The Kier molecular flexibility index (Phi) is 4.45. The molecule has 2 aromatic rings. The third-order valence-electron chi connectivity index (χ3n) is 4.23. The number of rotatable bonds is 4. The van der Waals surface area contributed by atoms with Gasteiger partial charge in [-0.05, 0) is 31.0 Å². The van der Waals surface area contributed by atoms with E-state index in [1.807, 2.05) is 21.8 Å². The van der Waals surface area contributed by atoms with Crippen LogP contribution < -0.4 is 4.90 Å². The molecule has 0 bridgehead atoms. The smallest absolute Gasteiger partial charge is 0.337 e. The highest BCUT2D eigenvalue weighted by Gasteiger charge is 2.27. The number of nitro groups is 1. The molecule has 8 nitrogen and oxygen atoms in total. The molecule has 1 aliphatic rings. The number of carbonyl (C=O) groups excluding carboxylic acids is 1. The molecule has 0 amide bonds. The second-order valence-corrected chi connectivity index (χ2v) is 5.68. The van der Waals surface area contributed by atoms with Crippen molar-refractivity contribution in [3.63, 3.8) is 0 Å². The van der Waals surface area contributed by atoms with Crippen molar-refractivity contribution in [1.82, 2.24) is 9.78 Å². The van der Waals surface area contributed by atoms with Crippen LogP contribution in [0.4, 0.5) is 11.4 Å². The quantitative estimate of drug-likeness (QED) is 0.486. The Morgan fingerprint density at radius 1 is 1.46 bits per heavy atom. The van der Waals surface area contributed by atoms with Crippen LogP contribution in [0.5, 0.6) is 0 Å². The Balaban J connectivity index is 1.93. The van der Waals surface area contributed by atoms with Gasteiger partial charge in [0.2, 0.25) is 0 Å². The summed E-state index contributed by atoms with van der Waals surface area (Å²) in [6, 6.07) is 6.33. The molecule has 24 heavy (non-hydrogen) atoms. The average molecular weight is 330 g/mol. The first kappa shape index (κ1) is 16.0. The van der Waals surface area contributed by atoms with Crippen molar-refractivity contribution in [3.05, 3.63) is 52.3 Å². The first-order chi connectivity index (χ1) is 11.6. The monoisotopic (exact) mass is 330 g/mol. The lowest BCUT2D eigenvalue weighted by Crippen LogP contribution is -2.37. The molecular weight excluding hydrogens is 312 g/mol. The minimum Gasteiger partial charge on any atom is -0.465 e. The lowest BCUT2D eigenvalue weighted by molar-refractivity contribution is -0.384. The highest BCUT2D eigenvalue weighted by Crippen LogP contribution is 2.33. The summed E-state index contributed by atoms with van der Waals surface area (Å²) in [5, 5.41) is 15.6. The molecule has 3 rings (SSSR count). The van der Waals surface area contributed by atoms with Crippen LogP contribution in [-0.2, 0) is 4.74 Å². The maximum Gasteiger partial charge on any atom is 0.337 e. The van der Waals surface area contributed by atoms with E-state index in [0.717, 1.165) is 12.8 Å². The number of nitrogens with zero attached hydrogens (tertiary/aromatic N) is 4. The summed E-state index contributed by atoms with van der Waals surface area (Å²) in [5.74, 6) is -0.508. The molecule has 2 heterocycles. The largest absolute Gasteiger partial charge is 0.465 e. The normalized spacial score (nSPS) is 17.5. The summed E-state index contributed by atoms with van der Waals surface area (Å²) in [4.78, 5) is 24.6. The first-order valence-electron chi connectivity index (χ1n) is 7.71. The van der Waals surface area contributed by atoms with Crippen molar-refractivity contribution in [2.24, 2.45) is 0 Å². The number of piperidine rings is 1. The zero-order chi connectivity index (χ0) is 17.1. The number of hydrogen-bond acceptors (Lipinski definition) is 6. The second kappa shape index (κ2) is 6.69. The predicted molar refractivity (Wildman–Crippen MR) is 87.1 cm³/mol. The van der Waals surface area contributed by atoms with Crippen LogP contribution in [0.15, 0.2) is 36.7 Å². The standard InChI is InChI=1S/C16H18N4O4/c1-24-16(21)12-5-6-14(20(22)23)15(10-12)18-8-2-4-13(11-18)19-9-3-7-17-19/h3,5-7,9-10,13H,2,4,8,11H2,1H3. The van der Waals surface area contributed by atoms with Crippen LogP contribution >= 0.6 is 0 Å². The van der Waals surface area contributed by atoms with E-state index in [1.165, 1.54) is 25.3 Å². The summed E-state index contributed by atoms with van der Waals surface area (Å²) < 4.78 is 6.59. The van der Waals surface area contributed by atoms with Gasteiger partial charge in [-0.15, -0.1) is 0 Å². The van der Waals surface area contributed by atoms with E-state index in [9.17, 15) is 14.9 Å². The Bertz CT molecular complexity index is 745. The van der Waals surface area contributed by atoms with Crippen LogP contribution in [0.1, 0.15) is 29.2 Å². The zero-order valence-electron chi connectivity index (χ0n) is 13.3. The summed E-state index contributed by atoms with van der Waals surface area (Å²) in [7, 11) is 1.29. The Morgan fingerprint density at radius 2 is 2.29 bits per heavy atom. The summed E-state index contributed by atoms with van der Waals surface area (Å²) in [6.07, 6.45) is 5.47. The van der Waals surface area contributed by atoms with Gasteiger partial charge < -0.3 is 9.64 Å². The number of aromatic nitrogens is 2. The van der Waals surface area contributed by atoms with Crippen molar-refractivity contribution in [1.29, 1.82) is 0 Å². The third-order valence-corrected chi connectivity index (χ3v) is 4.23. The van der Waals surface area contributed by atoms with E-state index >= 15 is 0 Å². The number of hydrogen-bond donors (Lipinski definition) is 0. The molecular formula is C16H18N4O4. The van der Waals surface area contributed by atoms with Gasteiger partial charge in [0, 0.05) is 31.5 Å². The van der Waals surface area contributed by atoms with E-state index in [1.54, 1.807) is 6.20 Å². The van der Waals surface area contributed by atoms with Gasteiger partial charge in [0.25, 0.3) is 5.69 Å². The van der Waals surface area contributed by atoms with Crippen LogP contribution in [0.2, 0.25) is 0 Å². The minimum atomic E-state index is -0.508. The number of carbonyl (C=O) groups is 1. The summed E-state index contributed by atoms with van der Waals surface area (Å²) >= 11 is 0. The molecule has 1 aliphatic heterocycles. The Hall–Kier alpha value is -2.90. The molecule has 8 heteroatoms. The van der Waals surface area contributed by atoms with Gasteiger partial charge in [0.15, 0.2) is 0 Å². The topological polar surface area (TPSA) is 90.5 Å². The van der Waals surface area contributed by atoms with E-state index in [-0.39, 0.29) is 11.7 Å². The van der Waals surface area contributed by atoms with E-state index in [2.05, 4.69) is 5.10 Å². The van der Waals surface area contributed by atoms with Gasteiger partial charge in [-0.2, -0.15) is 5.10 Å². The van der Waals surface area contributed by atoms with E-state index < -0.39 is 10.9 Å². The lowest BCUT2D eigenvalue weighted by atomic mass is 10.0. The molecule has 0 aliphatic carbocycles. The Labute approximate surface area is 138 Å². The molecule has 0 spiro atoms. The molecule has 0 radical (unpaired) electrons. The molecule has 1 aromatic heterocycles. The maximum absolute atomic E-state index is 11.8. The van der Waals surface area contributed by atoms with Crippen molar-refractivity contribution in [3.8, 4) is 0 Å². The highest BCUT2D eigenvalue weighted by molar-refractivity contribution is 5.91. The van der Waals surface area contributed by atoms with E-state index in [0.29, 0.717) is 24.3 Å². The number of nitro benzene ring substituents is 1. The fraction of sp³-hybridized carbons (Fsp3) is 0.375. The molecule has 1 saturated heterocycles. The predicted octanol–water partition coefficient (Wildman–Crippen LogP) is 2.42. The molecule has 1 fully saturated rings. The number of ether oxygens (including phenoxy) is 1. The SMILES string of the molecule is COC(=O)c1ccc([N+](=O)[O-])c(N2CCCC(n3cccn3)C2)c1. The number of esters is 1. The molecule has 126 valence electrons. The fourth-order valence-corrected chi connectivity index (χ4v) is 3.06. The van der Waals surface area contributed by atoms with Crippen molar-refractivity contribution in [2.45, 2.75) is 18.9 Å². The van der Waals surface area contributed by atoms with Gasteiger partial charge in [-0.25, -0.2) is 4.79 Å². The molecule has 0 N–H and O–H groups in total.